The molecule has 0 saturated heterocycles. The third-order valence-electron chi connectivity index (χ3n) is 16.1. The molecule has 0 aromatic heterocycles. The zero-order chi connectivity index (χ0) is 54.3. The van der Waals surface area contributed by atoms with Gasteiger partial charge >= 0.3 is 17.9 Å². The molecule has 0 rings (SSSR count). The quantitative estimate of drug-likeness (QED) is 0.0343. The van der Waals surface area contributed by atoms with Crippen LogP contribution in [0.5, 0.6) is 0 Å². The largest absolute Gasteiger partial charge is 0.462 e. The highest BCUT2D eigenvalue weighted by atomic mass is 16.6. The fourth-order valence-electron chi connectivity index (χ4n) is 10.9. The molecule has 0 aliphatic heterocycles. The number of rotatable bonds is 65. The van der Waals surface area contributed by atoms with Crippen LogP contribution in [-0.2, 0) is 28.6 Å². The van der Waals surface area contributed by atoms with Crippen molar-refractivity contribution < 1.29 is 28.6 Å². The summed E-state index contributed by atoms with van der Waals surface area (Å²) in [6, 6.07) is 0. The smallest absolute Gasteiger partial charge is 0.306 e. The van der Waals surface area contributed by atoms with Gasteiger partial charge in [-0.25, -0.2) is 0 Å². The van der Waals surface area contributed by atoms with Crippen LogP contribution in [0.2, 0.25) is 0 Å². The standard InChI is InChI=1S/C69H134O6/c1-4-7-10-13-16-18-20-22-24-26-27-28-29-30-31-32-33-34-35-36-37-38-39-40-41-42-43-44-46-47-49-51-53-56-59-62-68(71)74-65-66(64-73-67(70)61-58-55-15-12-9-6-3)75-69(72)63-60-57-54-52-50-48-45-25-23-21-19-17-14-11-8-5-2/h66H,4-65H2,1-3H3. The monoisotopic (exact) mass is 1060 g/mol. The molecule has 0 aromatic carbocycles. The summed E-state index contributed by atoms with van der Waals surface area (Å²) in [6.45, 7) is 6.66. The third kappa shape index (κ3) is 63.1. The lowest BCUT2D eigenvalue weighted by Crippen LogP contribution is -2.30. The molecule has 6 heteroatoms. The zero-order valence-electron chi connectivity index (χ0n) is 51.4. The Hall–Kier alpha value is -1.59. The maximum atomic E-state index is 12.8. The Morgan fingerprint density at radius 3 is 0.533 bits per heavy atom. The van der Waals surface area contributed by atoms with Crippen LogP contribution in [0.4, 0.5) is 0 Å². The lowest BCUT2D eigenvalue weighted by atomic mass is 10.0. The number of hydrogen-bond donors (Lipinski definition) is 0. The fraction of sp³-hybridized carbons (Fsp3) is 0.957. The van der Waals surface area contributed by atoms with Gasteiger partial charge in [0.05, 0.1) is 0 Å². The van der Waals surface area contributed by atoms with E-state index in [1.54, 1.807) is 0 Å². The molecule has 0 bridgehead atoms. The first-order valence-corrected chi connectivity index (χ1v) is 34.5. The predicted molar refractivity (Wildman–Crippen MR) is 326 cm³/mol. The number of unbranched alkanes of at least 4 members (excludes halogenated alkanes) is 54. The van der Waals surface area contributed by atoms with E-state index in [2.05, 4.69) is 20.8 Å². The second kappa shape index (κ2) is 64.9. The van der Waals surface area contributed by atoms with Gasteiger partial charge in [0, 0.05) is 19.3 Å². The fourth-order valence-corrected chi connectivity index (χ4v) is 10.9. The Balaban J connectivity index is 3.84. The summed E-state index contributed by atoms with van der Waals surface area (Å²) in [5, 5.41) is 0. The highest BCUT2D eigenvalue weighted by Crippen LogP contribution is 2.19. The second-order valence-electron chi connectivity index (χ2n) is 23.8. The first kappa shape index (κ1) is 73.4. The van der Waals surface area contributed by atoms with Crippen LogP contribution in [0.3, 0.4) is 0 Å². The number of carbonyl (C=O) groups excluding carboxylic acids is 3. The highest BCUT2D eigenvalue weighted by Gasteiger charge is 2.19. The summed E-state index contributed by atoms with van der Waals surface area (Å²) in [4.78, 5) is 38.0. The summed E-state index contributed by atoms with van der Waals surface area (Å²) < 4.78 is 16.8. The van der Waals surface area contributed by atoms with E-state index in [0.717, 1.165) is 57.8 Å². The summed E-state index contributed by atoms with van der Waals surface area (Å²) in [5.74, 6) is -0.842. The van der Waals surface area contributed by atoms with Crippen LogP contribution in [-0.4, -0.2) is 37.2 Å². The molecule has 0 fully saturated rings. The highest BCUT2D eigenvalue weighted by molar-refractivity contribution is 5.71. The third-order valence-corrected chi connectivity index (χ3v) is 16.1. The summed E-state index contributed by atoms with van der Waals surface area (Å²) >= 11 is 0. The summed E-state index contributed by atoms with van der Waals surface area (Å²) in [6.07, 6.45) is 76.2. The molecule has 0 amide bonds. The minimum Gasteiger partial charge on any atom is -0.462 e. The van der Waals surface area contributed by atoms with E-state index in [0.29, 0.717) is 19.3 Å². The Kier molecular flexibility index (Phi) is 63.6. The van der Waals surface area contributed by atoms with Crippen molar-refractivity contribution in [2.24, 2.45) is 0 Å². The minimum atomic E-state index is -0.760. The Bertz CT molecular complexity index is 1120. The van der Waals surface area contributed by atoms with E-state index in [-0.39, 0.29) is 31.1 Å². The Morgan fingerprint density at radius 2 is 0.360 bits per heavy atom. The van der Waals surface area contributed by atoms with Crippen molar-refractivity contribution in [1.29, 1.82) is 0 Å². The molecular weight excluding hydrogens is 925 g/mol. The first-order valence-electron chi connectivity index (χ1n) is 34.5. The summed E-state index contributed by atoms with van der Waals surface area (Å²) in [7, 11) is 0. The molecule has 0 aliphatic rings. The van der Waals surface area contributed by atoms with Gasteiger partial charge in [0.1, 0.15) is 13.2 Å². The molecule has 6 nitrogen and oxygen atoms in total. The molecule has 0 N–H and O–H groups in total. The van der Waals surface area contributed by atoms with Gasteiger partial charge in [-0.3, -0.25) is 14.4 Å². The summed E-state index contributed by atoms with van der Waals surface area (Å²) in [5.41, 5.74) is 0. The van der Waals surface area contributed by atoms with Gasteiger partial charge in [0.2, 0.25) is 0 Å². The van der Waals surface area contributed by atoms with E-state index in [1.807, 2.05) is 0 Å². The van der Waals surface area contributed by atoms with Gasteiger partial charge < -0.3 is 14.2 Å². The number of ether oxygens (including phenoxy) is 3. The van der Waals surface area contributed by atoms with Gasteiger partial charge in [-0.05, 0) is 19.3 Å². The van der Waals surface area contributed by atoms with E-state index >= 15 is 0 Å². The predicted octanol–water partition coefficient (Wildman–Crippen LogP) is 23.5. The zero-order valence-corrected chi connectivity index (χ0v) is 51.4. The number of hydrogen-bond acceptors (Lipinski definition) is 6. The van der Waals surface area contributed by atoms with Gasteiger partial charge in [-0.15, -0.1) is 0 Å². The van der Waals surface area contributed by atoms with Gasteiger partial charge in [0.25, 0.3) is 0 Å². The molecule has 0 aliphatic carbocycles. The average molecular weight is 1060 g/mol. The topological polar surface area (TPSA) is 78.9 Å². The number of esters is 3. The minimum absolute atomic E-state index is 0.0620. The molecule has 75 heavy (non-hydrogen) atoms. The van der Waals surface area contributed by atoms with Crippen LogP contribution < -0.4 is 0 Å². The van der Waals surface area contributed by atoms with Crippen LogP contribution in [0.1, 0.15) is 406 Å². The molecule has 0 spiro atoms. The Morgan fingerprint density at radius 1 is 0.213 bits per heavy atom. The molecule has 1 unspecified atom stereocenters. The number of carbonyl (C=O) groups is 3. The Labute approximate surface area is 469 Å². The molecule has 0 aromatic rings. The lowest BCUT2D eigenvalue weighted by molar-refractivity contribution is -0.167. The van der Waals surface area contributed by atoms with Crippen molar-refractivity contribution in [2.45, 2.75) is 412 Å². The van der Waals surface area contributed by atoms with E-state index in [9.17, 15) is 14.4 Å². The van der Waals surface area contributed by atoms with Crippen molar-refractivity contribution in [1.82, 2.24) is 0 Å². The molecule has 0 radical (unpaired) electrons. The van der Waals surface area contributed by atoms with E-state index < -0.39 is 6.10 Å². The van der Waals surface area contributed by atoms with Gasteiger partial charge in [-0.1, -0.05) is 367 Å². The SMILES string of the molecule is CCCCCCCCCCCCCCCCCCCCCCCCCCCCCCCCCCCCCC(=O)OCC(COC(=O)CCCCCCCC)OC(=O)CCCCCCCCCCCCCCCCCC. The maximum Gasteiger partial charge on any atom is 0.306 e. The molecular formula is C69H134O6. The van der Waals surface area contributed by atoms with Crippen LogP contribution in [0.15, 0.2) is 0 Å². The molecule has 0 saturated carbocycles. The maximum absolute atomic E-state index is 12.8. The van der Waals surface area contributed by atoms with Crippen molar-refractivity contribution in [3.05, 3.63) is 0 Å². The van der Waals surface area contributed by atoms with Crippen LogP contribution in [0.25, 0.3) is 0 Å². The van der Waals surface area contributed by atoms with Crippen molar-refractivity contribution in [3.63, 3.8) is 0 Å². The van der Waals surface area contributed by atoms with E-state index in [4.69, 9.17) is 14.2 Å². The second-order valence-corrected chi connectivity index (χ2v) is 23.8. The van der Waals surface area contributed by atoms with Crippen molar-refractivity contribution in [3.8, 4) is 0 Å². The van der Waals surface area contributed by atoms with Crippen LogP contribution in [0, 0.1) is 0 Å². The molecule has 446 valence electrons. The molecule has 0 heterocycles. The lowest BCUT2D eigenvalue weighted by Gasteiger charge is -2.18. The van der Waals surface area contributed by atoms with Crippen molar-refractivity contribution in [2.75, 3.05) is 13.2 Å². The van der Waals surface area contributed by atoms with Crippen LogP contribution >= 0.6 is 0 Å². The average Bonchev–Trinajstić information content (AvgIpc) is 3.41. The normalized spacial score (nSPS) is 11.9. The van der Waals surface area contributed by atoms with Crippen molar-refractivity contribution >= 4 is 17.9 Å². The van der Waals surface area contributed by atoms with Gasteiger partial charge in [0.15, 0.2) is 6.10 Å². The first-order chi connectivity index (χ1) is 37.0. The molecule has 1 atom stereocenters. The van der Waals surface area contributed by atoms with E-state index in [1.165, 1.54) is 308 Å². The van der Waals surface area contributed by atoms with Gasteiger partial charge in [-0.2, -0.15) is 0 Å².